The van der Waals surface area contributed by atoms with E-state index in [4.69, 9.17) is 19.6 Å². The summed E-state index contributed by atoms with van der Waals surface area (Å²) in [6.45, 7) is 10.4. The zero-order chi connectivity index (χ0) is 38.3. The summed E-state index contributed by atoms with van der Waals surface area (Å²) in [7, 11) is -4.72. The second-order valence-electron chi connectivity index (χ2n) is 13.4. The molecule has 5 rings (SSSR count). The van der Waals surface area contributed by atoms with Crippen LogP contribution >= 0.6 is 7.82 Å². The standard InChI is InChI=1S/C15H19NO4.C13H19NO3.C7H7O6P/c1-14(2,3)20-13(19)16-15(12(17)18)8-10-6-4-5-7-11(10)9-15;1-3-14(4-2)12(15)10-8-5-6-9(7-8)11(10)13(16)17;8-7(9)5-3-1-2-4-6(5)13-14(10,11)12/h4-7H,8-9H2,1-3H3,(H,16,19)(H,17,18);5-6,8-11H,3-4,7H2,1-2H3,(H,16,17);1-4H,(H,8,9)(H2,10,11,12). The highest BCUT2D eigenvalue weighted by molar-refractivity contribution is 7.46. The molecular formula is C35H45N2O13P. The Morgan fingerprint density at radius 1 is 0.863 bits per heavy atom. The van der Waals surface area contributed by atoms with Crippen LogP contribution in [-0.2, 0) is 36.5 Å². The Kier molecular flexibility index (Phi) is 13.2. The van der Waals surface area contributed by atoms with Crippen molar-refractivity contribution in [3.05, 3.63) is 77.4 Å². The molecule has 2 amide bonds. The van der Waals surface area contributed by atoms with Gasteiger partial charge in [0.1, 0.15) is 22.5 Å². The third-order valence-electron chi connectivity index (χ3n) is 8.69. The zero-order valence-electron chi connectivity index (χ0n) is 29.0. The number of para-hydroxylation sites is 1. The number of benzene rings is 2. The normalized spacial score (nSPS) is 20.8. The van der Waals surface area contributed by atoms with Gasteiger partial charge in [-0.1, -0.05) is 48.6 Å². The van der Waals surface area contributed by atoms with Crippen LogP contribution in [0.15, 0.2) is 60.7 Å². The molecule has 4 unspecified atom stereocenters. The summed E-state index contributed by atoms with van der Waals surface area (Å²) in [6.07, 6.45) is 4.67. The number of hydrogen-bond acceptors (Lipinski definition) is 8. The van der Waals surface area contributed by atoms with Crippen molar-refractivity contribution in [2.45, 2.75) is 65.0 Å². The van der Waals surface area contributed by atoms with Crippen molar-refractivity contribution in [3.63, 3.8) is 0 Å². The van der Waals surface area contributed by atoms with Crippen molar-refractivity contribution < 1.29 is 62.9 Å². The van der Waals surface area contributed by atoms with Gasteiger partial charge >= 0.3 is 31.8 Å². The first-order valence-corrected chi connectivity index (χ1v) is 17.8. The van der Waals surface area contributed by atoms with E-state index in [1.54, 1.807) is 25.7 Å². The van der Waals surface area contributed by atoms with Crippen molar-refractivity contribution in [3.8, 4) is 5.75 Å². The molecule has 6 N–H and O–H groups in total. The second-order valence-corrected chi connectivity index (χ2v) is 14.5. The van der Waals surface area contributed by atoms with Gasteiger partial charge < -0.3 is 34.8 Å². The van der Waals surface area contributed by atoms with E-state index in [2.05, 4.69) is 9.84 Å². The SMILES string of the molecule is CC(C)(C)OC(=O)NC1(C(=O)O)Cc2ccccc2C1.CCN(CC)C(=O)C1C2C=CC(C2)C1C(=O)O.O=C(O)c1ccccc1OP(=O)(O)O. The molecule has 278 valence electrons. The first-order chi connectivity index (χ1) is 23.7. The number of carboxylic acids is 3. The van der Waals surface area contributed by atoms with E-state index in [0.717, 1.165) is 17.5 Å². The van der Waals surface area contributed by atoms with E-state index in [0.29, 0.717) is 13.1 Å². The number of nitrogens with zero attached hydrogens (tertiary/aromatic N) is 1. The molecule has 0 heterocycles. The molecule has 1 saturated carbocycles. The van der Waals surface area contributed by atoms with E-state index >= 15 is 0 Å². The number of allylic oxidation sites excluding steroid dienone is 2. The molecule has 2 aromatic rings. The Labute approximate surface area is 295 Å². The number of hydrogen-bond donors (Lipinski definition) is 6. The lowest BCUT2D eigenvalue weighted by atomic mass is 9.82. The summed E-state index contributed by atoms with van der Waals surface area (Å²) < 4.78 is 19.8. The monoisotopic (exact) mass is 732 g/mol. The summed E-state index contributed by atoms with van der Waals surface area (Å²) in [6, 6.07) is 12.7. The highest BCUT2D eigenvalue weighted by atomic mass is 31.2. The Morgan fingerprint density at radius 2 is 1.37 bits per heavy atom. The van der Waals surface area contributed by atoms with Crippen LogP contribution in [0.5, 0.6) is 5.75 Å². The third kappa shape index (κ3) is 10.6. The molecular weight excluding hydrogens is 687 g/mol. The Bertz CT molecular complexity index is 1670. The highest BCUT2D eigenvalue weighted by Gasteiger charge is 2.52. The predicted octanol–water partition coefficient (Wildman–Crippen LogP) is 4.37. The summed E-state index contributed by atoms with van der Waals surface area (Å²) >= 11 is 0. The molecule has 0 saturated heterocycles. The second kappa shape index (κ2) is 16.5. The summed E-state index contributed by atoms with van der Waals surface area (Å²) in [4.78, 5) is 76.4. The maximum absolute atomic E-state index is 12.3. The largest absolute Gasteiger partial charge is 0.524 e. The lowest BCUT2D eigenvalue weighted by Crippen LogP contribution is -2.56. The van der Waals surface area contributed by atoms with Crippen molar-refractivity contribution in [1.82, 2.24) is 10.2 Å². The molecule has 0 spiro atoms. The van der Waals surface area contributed by atoms with Crippen LogP contribution in [-0.4, -0.2) is 84.1 Å². The molecule has 1 fully saturated rings. The fourth-order valence-corrected chi connectivity index (χ4v) is 6.92. The molecule has 3 aliphatic rings. The van der Waals surface area contributed by atoms with Crippen LogP contribution < -0.4 is 9.84 Å². The van der Waals surface area contributed by atoms with Crippen LogP contribution in [0.3, 0.4) is 0 Å². The smallest absolute Gasteiger partial charge is 0.481 e. The van der Waals surface area contributed by atoms with Crippen molar-refractivity contribution in [1.29, 1.82) is 0 Å². The fourth-order valence-electron chi connectivity index (χ4n) is 6.50. The molecule has 0 aliphatic heterocycles. The number of rotatable bonds is 9. The molecule has 0 aromatic heterocycles. The van der Waals surface area contributed by atoms with Gasteiger partial charge in [-0.25, -0.2) is 18.9 Å². The van der Waals surface area contributed by atoms with Crippen LogP contribution in [0.25, 0.3) is 0 Å². The average molecular weight is 733 g/mol. The molecule has 4 atom stereocenters. The lowest BCUT2D eigenvalue weighted by molar-refractivity contribution is -0.150. The zero-order valence-corrected chi connectivity index (χ0v) is 29.9. The predicted molar refractivity (Wildman–Crippen MR) is 183 cm³/mol. The van der Waals surface area contributed by atoms with Gasteiger partial charge in [-0.05, 0) is 76.1 Å². The Balaban J connectivity index is 0.000000210. The van der Waals surface area contributed by atoms with E-state index in [1.165, 1.54) is 24.3 Å². The van der Waals surface area contributed by atoms with Crippen LogP contribution in [0.1, 0.15) is 62.5 Å². The minimum Gasteiger partial charge on any atom is -0.481 e. The topological polar surface area (TPSA) is 237 Å². The first-order valence-electron chi connectivity index (χ1n) is 16.3. The Morgan fingerprint density at radius 3 is 1.82 bits per heavy atom. The minimum absolute atomic E-state index is 0.0132. The molecule has 16 heteroatoms. The van der Waals surface area contributed by atoms with Gasteiger partial charge in [-0.15, -0.1) is 0 Å². The number of carbonyl (C=O) groups excluding carboxylic acids is 2. The number of phosphoric acid groups is 1. The molecule has 51 heavy (non-hydrogen) atoms. The molecule has 2 aromatic carbocycles. The van der Waals surface area contributed by atoms with Crippen molar-refractivity contribution in [2.75, 3.05) is 13.1 Å². The molecule has 15 nitrogen and oxygen atoms in total. The van der Waals surface area contributed by atoms with Crippen molar-refractivity contribution >= 4 is 37.7 Å². The quantitative estimate of drug-likeness (QED) is 0.155. The molecule has 2 bridgehead atoms. The number of phosphoric ester groups is 1. The van der Waals surface area contributed by atoms with E-state index in [1.807, 2.05) is 50.3 Å². The minimum atomic E-state index is -4.72. The number of fused-ring (bicyclic) bond motifs is 3. The molecule has 3 aliphatic carbocycles. The van der Waals surface area contributed by atoms with Crippen molar-refractivity contribution in [2.24, 2.45) is 23.7 Å². The highest BCUT2D eigenvalue weighted by Crippen LogP contribution is 2.48. The van der Waals surface area contributed by atoms with E-state index in [-0.39, 0.29) is 47.8 Å². The summed E-state index contributed by atoms with van der Waals surface area (Å²) in [5.41, 5.74) is -0.367. The number of carbonyl (C=O) groups is 5. The van der Waals surface area contributed by atoms with Crippen LogP contribution in [0.2, 0.25) is 0 Å². The summed E-state index contributed by atoms with van der Waals surface area (Å²) in [5.74, 6) is -4.19. The van der Waals surface area contributed by atoms with Gasteiger partial charge in [0.2, 0.25) is 5.91 Å². The lowest BCUT2D eigenvalue weighted by Gasteiger charge is -2.29. The number of alkyl carbamates (subject to hydrolysis) is 1. The maximum Gasteiger partial charge on any atom is 0.524 e. The van der Waals surface area contributed by atoms with Gasteiger partial charge in [-0.3, -0.25) is 19.4 Å². The number of amides is 2. The number of aliphatic carboxylic acids is 2. The van der Waals surface area contributed by atoms with Gasteiger partial charge in [-0.2, -0.15) is 0 Å². The van der Waals surface area contributed by atoms with Crippen LogP contribution in [0.4, 0.5) is 4.79 Å². The van der Waals surface area contributed by atoms with Gasteiger partial charge in [0.05, 0.1) is 11.8 Å². The van der Waals surface area contributed by atoms with E-state index in [9.17, 15) is 38.8 Å². The van der Waals surface area contributed by atoms with Gasteiger partial charge in [0, 0.05) is 25.9 Å². The fraction of sp³-hybridized carbons (Fsp3) is 0.457. The number of nitrogens with one attached hydrogen (secondary N) is 1. The van der Waals surface area contributed by atoms with Gasteiger partial charge in [0.15, 0.2) is 0 Å². The molecule has 0 radical (unpaired) electrons. The van der Waals surface area contributed by atoms with Crippen LogP contribution in [0, 0.1) is 23.7 Å². The number of aromatic carboxylic acids is 1. The third-order valence-corrected chi connectivity index (χ3v) is 9.13. The first kappa shape index (κ1) is 40.7. The van der Waals surface area contributed by atoms with Gasteiger partial charge in [0.25, 0.3) is 0 Å². The number of carboxylic acid groups (broad SMARTS) is 3. The number of ether oxygens (including phenoxy) is 1. The van der Waals surface area contributed by atoms with E-state index < -0.39 is 48.9 Å². The average Bonchev–Trinajstić information content (AvgIpc) is 3.74. The summed E-state index contributed by atoms with van der Waals surface area (Å²) in [5, 5.41) is 30.0. The maximum atomic E-state index is 12.3. The Hall–Kier alpha value is -4.72.